The van der Waals surface area contributed by atoms with Gasteiger partial charge in [-0.1, -0.05) is 12.1 Å². The lowest BCUT2D eigenvalue weighted by molar-refractivity contribution is 0.413. The van der Waals surface area contributed by atoms with E-state index in [1.54, 1.807) is 20.1 Å². The first-order valence-corrected chi connectivity index (χ1v) is 3.95. The van der Waals surface area contributed by atoms with Gasteiger partial charge in [0, 0.05) is 0 Å². The van der Waals surface area contributed by atoms with Crippen molar-refractivity contribution >= 4 is 0 Å². The summed E-state index contributed by atoms with van der Waals surface area (Å²) in [4.78, 5) is 0. The molecule has 1 aromatic carbocycles. The number of hydrogen-bond acceptors (Lipinski definition) is 3. The molecule has 68 valence electrons. The van der Waals surface area contributed by atoms with Gasteiger partial charge in [-0.05, 0) is 24.6 Å². The Labute approximate surface area is 77.7 Å². The number of benzene rings is 1. The van der Waals surface area contributed by atoms with Crippen molar-refractivity contribution in [3.8, 4) is 11.8 Å². The van der Waals surface area contributed by atoms with Crippen LogP contribution in [0.4, 0.5) is 0 Å². The number of hydrogen-bond donors (Lipinski definition) is 1. The van der Waals surface area contributed by atoms with Crippen molar-refractivity contribution < 1.29 is 4.74 Å². The normalized spacial score (nSPS) is 14.3. The summed E-state index contributed by atoms with van der Waals surface area (Å²) in [6.45, 7) is 1.67. The van der Waals surface area contributed by atoms with Crippen molar-refractivity contribution in [1.29, 1.82) is 5.26 Å². The zero-order valence-electron chi connectivity index (χ0n) is 7.74. The van der Waals surface area contributed by atoms with Gasteiger partial charge in [-0.2, -0.15) is 5.26 Å². The van der Waals surface area contributed by atoms with Gasteiger partial charge in [0.25, 0.3) is 0 Å². The third kappa shape index (κ3) is 1.98. The molecule has 13 heavy (non-hydrogen) atoms. The summed E-state index contributed by atoms with van der Waals surface area (Å²) in [5.74, 6) is 0.712. The Kier molecular flexibility index (Phi) is 2.54. The van der Waals surface area contributed by atoms with Gasteiger partial charge in [0.15, 0.2) is 0 Å². The largest absolute Gasteiger partial charge is 0.497 e. The average molecular weight is 176 g/mol. The lowest BCUT2D eigenvalue weighted by Gasteiger charge is -2.16. The van der Waals surface area contributed by atoms with E-state index in [0.29, 0.717) is 5.75 Å². The number of nitrogens with zero attached hydrogens (tertiary/aromatic N) is 1. The molecule has 0 heterocycles. The van der Waals surface area contributed by atoms with Gasteiger partial charge < -0.3 is 10.5 Å². The summed E-state index contributed by atoms with van der Waals surface area (Å²) in [7, 11) is 1.58. The van der Waals surface area contributed by atoms with Crippen molar-refractivity contribution in [2.24, 2.45) is 5.73 Å². The minimum atomic E-state index is -0.950. The minimum absolute atomic E-state index is 0.712. The van der Waals surface area contributed by atoms with E-state index in [4.69, 9.17) is 15.7 Å². The standard InChI is InChI=1S/C10H12N2O/c1-10(12,7-11)8-4-3-5-9(6-8)13-2/h3-6H,12H2,1-2H3. The Morgan fingerprint density at radius 1 is 1.54 bits per heavy atom. The monoisotopic (exact) mass is 176 g/mol. The zero-order valence-corrected chi connectivity index (χ0v) is 7.74. The van der Waals surface area contributed by atoms with Crippen LogP contribution in [0.15, 0.2) is 24.3 Å². The summed E-state index contributed by atoms with van der Waals surface area (Å²) in [5.41, 5.74) is 5.55. The fourth-order valence-corrected chi connectivity index (χ4v) is 1.01. The molecule has 0 fully saturated rings. The Morgan fingerprint density at radius 2 is 2.23 bits per heavy atom. The molecule has 0 spiro atoms. The maximum atomic E-state index is 8.80. The van der Waals surface area contributed by atoms with E-state index in [-0.39, 0.29) is 0 Å². The Balaban J connectivity index is 3.10. The lowest BCUT2D eigenvalue weighted by Crippen LogP contribution is -2.30. The summed E-state index contributed by atoms with van der Waals surface area (Å²) in [5, 5.41) is 8.80. The van der Waals surface area contributed by atoms with Gasteiger partial charge in [-0.15, -0.1) is 0 Å². The summed E-state index contributed by atoms with van der Waals surface area (Å²) >= 11 is 0. The second kappa shape index (κ2) is 3.46. The van der Waals surface area contributed by atoms with Gasteiger partial charge in [0.05, 0.1) is 13.2 Å². The van der Waals surface area contributed by atoms with Gasteiger partial charge in [0.1, 0.15) is 11.3 Å². The van der Waals surface area contributed by atoms with E-state index < -0.39 is 5.54 Å². The molecule has 1 unspecified atom stereocenters. The molecule has 1 aromatic rings. The van der Waals surface area contributed by atoms with Gasteiger partial charge in [-0.25, -0.2) is 0 Å². The Hall–Kier alpha value is -1.53. The first kappa shape index (κ1) is 9.56. The fourth-order valence-electron chi connectivity index (χ4n) is 1.01. The Morgan fingerprint density at radius 3 is 2.77 bits per heavy atom. The quantitative estimate of drug-likeness (QED) is 0.740. The molecule has 0 aliphatic rings. The smallest absolute Gasteiger partial charge is 0.127 e. The van der Waals surface area contributed by atoms with Gasteiger partial charge in [-0.3, -0.25) is 0 Å². The molecule has 0 aromatic heterocycles. The number of rotatable bonds is 2. The first-order chi connectivity index (χ1) is 6.10. The van der Waals surface area contributed by atoms with E-state index in [1.807, 2.05) is 24.3 Å². The highest BCUT2D eigenvalue weighted by atomic mass is 16.5. The molecule has 0 saturated heterocycles. The van der Waals surface area contributed by atoms with Crippen LogP contribution in [0.5, 0.6) is 5.75 Å². The van der Waals surface area contributed by atoms with E-state index in [0.717, 1.165) is 5.56 Å². The van der Waals surface area contributed by atoms with Crippen LogP contribution in [-0.4, -0.2) is 7.11 Å². The molecule has 0 amide bonds. The van der Waals surface area contributed by atoms with E-state index in [2.05, 4.69) is 0 Å². The van der Waals surface area contributed by atoms with E-state index in [9.17, 15) is 0 Å². The third-order valence-electron chi connectivity index (χ3n) is 1.90. The molecule has 2 N–H and O–H groups in total. The summed E-state index contributed by atoms with van der Waals surface area (Å²) in [6.07, 6.45) is 0. The summed E-state index contributed by atoms with van der Waals surface area (Å²) < 4.78 is 5.03. The molecule has 0 bridgehead atoms. The minimum Gasteiger partial charge on any atom is -0.497 e. The van der Waals surface area contributed by atoms with Crippen molar-refractivity contribution in [2.75, 3.05) is 7.11 Å². The van der Waals surface area contributed by atoms with Gasteiger partial charge in [0.2, 0.25) is 0 Å². The van der Waals surface area contributed by atoms with Crippen molar-refractivity contribution in [3.05, 3.63) is 29.8 Å². The third-order valence-corrected chi connectivity index (χ3v) is 1.90. The van der Waals surface area contributed by atoms with Crippen LogP contribution in [0, 0.1) is 11.3 Å². The SMILES string of the molecule is COc1cccc(C(C)(N)C#N)c1. The van der Waals surface area contributed by atoms with Crippen LogP contribution >= 0.6 is 0 Å². The van der Waals surface area contributed by atoms with Crippen LogP contribution in [0.3, 0.4) is 0 Å². The molecule has 1 rings (SSSR count). The Bertz CT molecular complexity index is 339. The average Bonchev–Trinajstić information content (AvgIpc) is 2.18. The predicted octanol–water partition coefficient (Wildman–Crippen LogP) is 1.39. The van der Waals surface area contributed by atoms with Gasteiger partial charge >= 0.3 is 0 Å². The van der Waals surface area contributed by atoms with E-state index >= 15 is 0 Å². The predicted molar refractivity (Wildman–Crippen MR) is 50.1 cm³/mol. The highest BCUT2D eigenvalue weighted by Gasteiger charge is 2.20. The molecule has 3 heteroatoms. The molecular formula is C10H12N2O. The topological polar surface area (TPSA) is 59.0 Å². The number of ether oxygens (including phenoxy) is 1. The number of nitriles is 1. The number of methoxy groups -OCH3 is 1. The van der Waals surface area contributed by atoms with Crippen LogP contribution in [0.1, 0.15) is 12.5 Å². The summed E-state index contributed by atoms with van der Waals surface area (Å²) in [6, 6.07) is 9.24. The maximum absolute atomic E-state index is 8.80. The molecule has 3 nitrogen and oxygen atoms in total. The maximum Gasteiger partial charge on any atom is 0.127 e. The fraction of sp³-hybridized carbons (Fsp3) is 0.300. The van der Waals surface area contributed by atoms with Crippen LogP contribution in [0.2, 0.25) is 0 Å². The molecule has 1 atom stereocenters. The van der Waals surface area contributed by atoms with Crippen LogP contribution < -0.4 is 10.5 Å². The van der Waals surface area contributed by atoms with Crippen LogP contribution in [-0.2, 0) is 5.54 Å². The zero-order chi connectivity index (χ0) is 9.90. The number of nitrogens with two attached hydrogens (primary N) is 1. The van der Waals surface area contributed by atoms with Crippen molar-refractivity contribution in [3.63, 3.8) is 0 Å². The highest BCUT2D eigenvalue weighted by Crippen LogP contribution is 2.21. The van der Waals surface area contributed by atoms with Crippen molar-refractivity contribution in [1.82, 2.24) is 0 Å². The van der Waals surface area contributed by atoms with E-state index in [1.165, 1.54) is 0 Å². The molecule has 0 radical (unpaired) electrons. The molecule has 0 saturated carbocycles. The first-order valence-electron chi connectivity index (χ1n) is 3.95. The highest BCUT2D eigenvalue weighted by molar-refractivity contribution is 5.36. The second-order valence-electron chi connectivity index (χ2n) is 3.05. The molecular weight excluding hydrogens is 164 g/mol. The molecule has 0 aliphatic carbocycles. The lowest BCUT2D eigenvalue weighted by atomic mass is 9.95. The molecule has 0 aliphatic heterocycles. The van der Waals surface area contributed by atoms with Crippen molar-refractivity contribution in [2.45, 2.75) is 12.5 Å². The second-order valence-corrected chi connectivity index (χ2v) is 3.05. The van der Waals surface area contributed by atoms with Crippen LogP contribution in [0.25, 0.3) is 0 Å².